The third-order valence-corrected chi connectivity index (χ3v) is 2.97. The van der Waals surface area contributed by atoms with E-state index in [4.69, 9.17) is 4.74 Å². The molecule has 0 unspecified atom stereocenters. The molecule has 4 nitrogen and oxygen atoms in total. The van der Waals surface area contributed by atoms with Crippen molar-refractivity contribution >= 4 is 6.09 Å². The summed E-state index contributed by atoms with van der Waals surface area (Å²) in [7, 11) is 0. The summed E-state index contributed by atoms with van der Waals surface area (Å²) >= 11 is 0. The van der Waals surface area contributed by atoms with E-state index in [9.17, 15) is 4.79 Å². The predicted octanol–water partition coefficient (Wildman–Crippen LogP) is 2.26. The molecule has 1 N–H and O–H groups in total. The number of carbonyl (C=O) groups excluding carboxylic acids is 1. The SMILES string of the molecule is O=C1N[C@H](c2cccc(C#Cc3cccnc3)c2)CO1. The molecule has 1 atom stereocenters. The fourth-order valence-electron chi connectivity index (χ4n) is 1.98. The molecule has 1 saturated heterocycles. The summed E-state index contributed by atoms with van der Waals surface area (Å²) in [4.78, 5) is 15.1. The summed E-state index contributed by atoms with van der Waals surface area (Å²) in [5, 5.41) is 2.75. The normalized spacial score (nSPS) is 16.8. The molecular weight excluding hydrogens is 252 g/mol. The molecule has 0 bridgehead atoms. The van der Waals surface area contributed by atoms with Crippen LogP contribution in [-0.4, -0.2) is 17.7 Å². The number of ether oxygens (including phenoxy) is 1. The highest BCUT2D eigenvalue weighted by atomic mass is 16.6. The summed E-state index contributed by atoms with van der Waals surface area (Å²) in [6, 6.07) is 11.4. The molecule has 0 radical (unpaired) electrons. The number of pyridine rings is 1. The van der Waals surface area contributed by atoms with Gasteiger partial charge in [-0.1, -0.05) is 24.0 Å². The van der Waals surface area contributed by atoms with Crippen molar-refractivity contribution in [3.63, 3.8) is 0 Å². The average Bonchev–Trinajstić information content (AvgIpc) is 2.93. The molecule has 1 amide bonds. The van der Waals surface area contributed by atoms with Gasteiger partial charge in [0.25, 0.3) is 0 Å². The van der Waals surface area contributed by atoms with Crippen LogP contribution in [0.3, 0.4) is 0 Å². The van der Waals surface area contributed by atoms with Crippen molar-refractivity contribution in [3.8, 4) is 11.8 Å². The quantitative estimate of drug-likeness (QED) is 0.804. The average molecular weight is 264 g/mol. The Morgan fingerprint density at radius 1 is 1.20 bits per heavy atom. The van der Waals surface area contributed by atoms with Gasteiger partial charge in [0.1, 0.15) is 6.61 Å². The van der Waals surface area contributed by atoms with E-state index in [0.29, 0.717) is 6.61 Å². The summed E-state index contributed by atoms with van der Waals surface area (Å²) in [5.74, 6) is 6.15. The number of nitrogens with zero attached hydrogens (tertiary/aromatic N) is 1. The van der Waals surface area contributed by atoms with Gasteiger partial charge in [0.05, 0.1) is 6.04 Å². The lowest BCUT2D eigenvalue weighted by atomic mass is 10.0. The Morgan fingerprint density at radius 2 is 2.05 bits per heavy atom. The molecule has 2 aromatic rings. The van der Waals surface area contributed by atoms with Crippen LogP contribution in [-0.2, 0) is 4.74 Å². The van der Waals surface area contributed by atoms with Crippen molar-refractivity contribution < 1.29 is 9.53 Å². The molecule has 20 heavy (non-hydrogen) atoms. The first-order valence-corrected chi connectivity index (χ1v) is 6.26. The zero-order valence-corrected chi connectivity index (χ0v) is 10.7. The van der Waals surface area contributed by atoms with E-state index in [1.807, 2.05) is 36.4 Å². The van der Waals surface area contributed by atoms with E-state index in [1.165, 1.54) is 0 Å². The van der Waals surface area contributed by atoms with Gasteiger partial charge in [-0.25, -0.2) is 4.79 Å². The van der Waals surface area contributed by atoms with Gasteiger partial charge in [-0.15, -0.1) is 0 Å². The molecule has 2 heterocycles. The van der Waals surface area contributed by atoms with Crippen molar-refractivity contribution in [2.45, 2.75) is 6.04 Å². The fourth-order valence-corrected chi connectivity index (χ4v) is 1.98. The van der Waals surface area contributed by atoms with E-state index in [1.54, 1.807) is 12.4 Å². The highest BCUT2D eigenvalue weighted by Crippen LogP contribution is 2.18. The standard InChI is InChI=1S/C16H12N2O2/c19-16-18-15(11-20-16)14-5-1-3-12(9-14)6-7-13-4-2-8-17-10-13/h1-5,8-10,15H,11H2,(H,18,19)/t15-/m0/s1. The molecule has 0 spiro atoms. The van der Waals surface area contributed by atoms with Gasteiger partial charge in [-0.05, 0) is 29.8 Å². The Balaban J connectivity index is 1.82. The van der Waals surface area contributed by atoms with Crippen LogP contribution in [0.25, 0.3) is 0 Å². The molecule has 1 fully saturated rings. The second-order valence-electron chi connectivity index (χ2n) is 4.41. The van der Waals surface area contributed by atoms with Crippen molar-refractivity contribution in [2.24, 2.45) is 0 Å². The minimum Gasteiger partial charge on any atom is -0.447 e. The van der Waals surface area contributed by atoms with Crippen LogP contribution in [0.4, 0.5) is 4.79 Å². The van der Waals surface area contributed by atoms with E-state index < -0.39 is 0 Å². The smallest absolute Gasteiger partial charge is 0.407 e. The Kier molecular flexibility index (Phi) is 3.34. The molecule has 0 aliphatic carbocycles. The molecule has 1 aromatic heterocycles. The number of carbonyl (C=O) groups is 1. The van der Waals surface area contributed by atoms with Gasteiger partial charge in [-0.3, -0.25) is 4.98 Å². The van der Waals surface area contributed by atoms with Gasteiger partial charge in [-0.2, -0.15) is 0 Å². The van der Waals surface area contributed by atoms with Crippen LogP contribution < -0.4 is 5.32 Å². The van der Waals surface area contributed by atoms with Crippen molar-refractivity contribution in [1.29, 1.82) is 0 Å². The van der Waals surface area contributed by atoms with E-state index in [-0.39, 0.29) is 12.1 Å². The minimum absolute atomic E-state index is 0.0948. The number of amides is 1. The van der Waals surface area contributed by atoms with Crippen LogP contribution >= 0.6 is 0 Å². The third-order valence-electron chi connectivity index (χ3n) is 2.97. The van der Waals surface area contributed by atoms with Crippen molar-refractivity contribution in [1.82, 2.24) is 10.3 Å². The fraction of sp³-hybridized carbons (Fsp3) is 0.125. The first-order valence-electron chi connectivity index (χ1n) is 6.26. The van der Waals surface area contributed by atoms with Gasteiger partial charge in [0.2, 0.25) is 0 Å². The topological polar surface area (TPSA) is 51.2 Å². The molecule has 4 heteroatoms. The molecule has 0 saturated carbocycles. The molecule has 98 valence electrons. The molecule has 3 rings (SSSR count). The van der Waals surface area contributed by atoms with Gasteiger partial charge in [0.15, 0.2) is 0 Å². The minimum atomic E-state index is -0.373. The van der Waals surface area contributed by atoms with Gasteiger partial charge in [0, 0.05) is 23.5 Å². The van der Waals surface area contributed by atoms with Gasteiger partial charge >= 0.3 is 6.09 Å². The van der Waals surface area contributed by atoms with Crippen LogP contribution in [0, 0.1) is 11.8 Å². The van der Waals surface area contributed by atoms with E-state index in [0.717, 1.165) is 16.7 Å². The number of hydrogen-bond donors (Lipinski definition) is 1. The van der Waals surface area contributed by atoms with Crippen LogP contribution in [0.5, 0.6) is 0 Å². The van der Waals surface area contributed by atoms with Gasteiger partial charge < -0.3 is 10.1 Å². The zero-order valence-electron chi connectivity index (χ0n) is 10.7. The first-order chi connectivity index (χ1) is 9.81. The third kappa shape index (κ3) is 2.78. The maximum absolute atomic E-state index is 11.1. The number of hydrogen-bond acceptors (Lipinski definition) is 3. The predicted molar refractivity (Wildman–Crippen MR) is 73.9 cm³/mol. The Hall–Kier alpha value is -2.80. The van der Waals surface area contributed by atoms with Crippen molar-refractivity contribution in [2.75, 3.05) is 6.61 Å². The van der Waals surface area contributed by atoms with E-state index in [2.05, 4.69) is 22.1 Å². The second-order valence-corrected chi connectivity index (χ2v) is 4.41. The molecular formula is C16H12N2O2. The highest BCUT2D eigenvalue weighted by molar-refractivity contribution is 5.70. The van der Waals surface area contributed by atoms with Crippen molar-refractivity contribution in [3.05, 3.63) is 65.5 Å². The monoisotopic (exact) mass is 264 g/mol. The number of aromatic nitrogens is 1. The summed E-state index contributed by atoms with van der Waals surface area (Å²) in [6.45, 7) is 0.359. The molecule has 1 aliphatic heterocycles. The Morgan fingerprint density at radius 3 is 2.80 bits per heavy atom. The summed E-state index contributed by atoms with van der Waals surface area (Å²) in [5.41, 5.74) is 2.76. The van der Waals surface area contributed by atoms with Crippen LogP contribution in [0.1, 0.15) is 22.7 Å². The summed E-state index contributed by atoms with van der Waals surface area (Å²) < 4.78 is 4.89. The maximum atomic E-state index is 11.1. The lowest BCUT2D eigenvalue weighted by Crippen LogP contribution is -2.18. The zero-order chi connectivity index (χ0) is 13.8. The lowest BCUT2D eigenvalue weighted by Gasteiger charge is -2.07. The van der Waals surface area contributed by atoms with Crippen LogP contribution in [0.2, 0.25) is 0 Å². The lowest BCUT2D eigenvalue weighted by molar-refractivity contribution is 0.177. The van der Waals surface area contributed by atoms with E-state index >= 15 is 0 Å². The highest BCUT2D eigenvalue weighted by Gasteiger charge is 2.23. The first kappa shape index (κ1) is 12.2. The number of cyclic esters (lactones) is 1. The van der Waals surface area contributed by atoms with Crippen LogP contribution in [0.15, 0.2) is 48.8 Å². The second kappa shape index (κ2) is 5.45. The summed E-state index contributed by atoms with van der Waals surface area (Å²) in [6.07, 6.45) is 3.07. The maximum Gasteiger partial charge on any atom is 0.407 e. The molecule has 1 aromatic carbocycles. The Labute approximate surface area is 116 Å². The number of benzene rings is 1. The molecule has 1 aliphatic rings. The largest absolute Gasteiger partial charge is 0.447 e. The number of nitrogens with one attached hydrogen (secondary N) is 1. The Bertz CT molecular complexity index is 686. The number of rotatable bonds is 1. The number of alkyl carbamates (subject to hydrolysis) is 1.